The van der Waals surface area contributed by atoms with Gasteiger partial charge in [0.2, 0.25) is 6.79 Å². The molecule has 0 N–H and O–H groups in total. The van der Waals surface area contributed by atoms with Gasteiger partial charge in [0.1, 0.15) is 12.5 Å². The number of hydrogen-bond donors (Lipinski definition) is 0. The molecule has 0 aliphatic carbocycles. The first-order valence-corrected chi connectivity index (χ1v) is 5.85. The molecule has 0 fully saturated rings. The van der Waals surface area contributed by atoms with Crippen molar-refractivity contribution >= 4 is 12.1 Å². The van der Waals surface area contributed by atoms with E-state index >= 15 is 0 Å². The van der Waals surface area contributed by atoms with Crippen molar-refractivity contribution in [3.63, 3.8) is 0 Å². The number of carbonyl (C=O) groups is 2. The molecule has 0 aliphatic rings. The smallest absolute Gasteiger partial charge is 0.454 e. The molecule has 1 aromatic carbocycles. The van der Waals surface area contributed by atoms with Crippen molar-refractivity contribution in [3.05, 3.63) is 42.5 Å². The van der Waals surface area contributed by atoms with Gasteiger partial charge in [0.05, 0.1) is 6.61 Å². The Kier molecular flexibility index (Phi) is 11.0. The summed E-state index contributed by atoms with van der Waals surface area (Å²) in [7, 11) is 1.53. The van der Waals surface area contributed by atoms with E-state index in [9.17, 15) is 9.59 Å². The van der Waals surface area contributed by atoms with E-state index in [0.29, 0.717) is 6.61 Å². The Morgan fingerprint density at radius 3 is 2.41 bits per heavy atom. The van der Waals surface area contributed by atoms with E-state index in [1.165, 1.54) is 7.11 Å². The second-order valence-electron chi connectivity index (χ2n) is 3.62. The summed E-state index contributed by atoms with van der Waals surface area (Å²) in [5.74, 6) is -0.527. The monoisotopic (exact) mass is 479 g/mol. The zero-order chi connectivity index (χ0) is 15.5. The Morgan fingerprint density at radius 1 is 1.14 bits per heavy atom. The minimum atomic E-state index is -0.991. The fourth-order valence-corrected chi connectivity index (χ4v) is 1.20. The summed E-state index contributed by atoms with van der Waals surface area (Å²) in [6.07, 6.45) is 0.961. The first kappa shape index (κ1) is 20.3. The molecule has 0 spiro atoms. The van der Waals surface area contributed by atoms with E-state index in [4.69, 9.17) is 14.2 Å². The Hall–Kier alpha value is -1.69. The summed E-state index contributed by atoms with van der Waals surface area (Å²) in [4.78, 5) is 21.9. The molecule has 0 aliphatic heterocycles. The van der Waals surface area contributed by atoms with Gasteiger partial charge in [-0.1, -0.05) is 12.1 Å². The van der Waals surface area contributed by atoms with Crippen LogP contribution < -0.4 is 4.74 Å². The second kappa shape index (κ2) is 11.9. The van der Waals surface area contributed by atoms with Crippen molar-refractivity contribution in [2.75, 3.05) is 20.7 Å². The number of carbonyl (C=O) groups excluding carboxylic acids is 2. The predicted octanol–water partition coefficient (Wildman–Crippen LogP) is 1.81. The largest absolute Gasteiger partial charge is 0.516 e. The Labute approximate surface area is 142 Å². The first-order chi connectivity index (χ1) is 10.2. The normalized spacial score (nSPS) is 9.32. The average Bonchev–Trinajstić information content (AvgIpc) is 2.49. The quantitative estimate of drug-likeness (QED) is 0.141. The molecule has 0 amide bonds. The van der Waals surface area contributed by atoms with Gasteiger partial charge < -0.3 is 29.8 Å². The maximum absolute atomic E-state index is 11.3. The van der Waals surface area contributed by atoms with Gasteiger partial charge in [-0.15, -0.1) is 0 Å². The van der Waals surface area contributed by atoms with Crippen LogP contribution in [0.5, 0.6) is 5.75 Å². The van der Waals surface area contributed by atoms with Crippen molar-refractivity contribution in [3.8, 4) is 5.75 Å². The molecule has 120 valence electrons. The topological polar surface area (TPSA) is 80.3 Å². The van der Waals surface area contributed by atoms with Gasteiger partial charge in [-0.2, -0.15) is 0 Å². The molecular weight excluding hydrogens is 464 g/mol. The fourth-order valence-electron chi connectivity index (χ4n) is 1.20. The summed E-state index contributed by atoms with van der Waals surface area (Å²) < 4.78 is 23.7. The molecule has 0 heterocycles. The molecule has 1 rings (SSSR count). The molecule has 0 aromatic heterocycles. The summed E-state index contributed by atoms with van der Waals surface area (Å²) in [5, 5.41) is 0. The first-order valence-electron chi connectivity index (χ1n) is 5.85. The van der Waals surface area contributed by atoms with Crippen LogP contribution in [0.3, 0.4) is 0 Å². The van der Waals surface area contributed by atoms with Gasteiger partial charge in [0.15, 0.2) is 5.97 Å². The van der Waals surface area contributed by atoms with Crippen LogP contribution in [0, 0.1) is 6.08 Å². The number of ether oxygens (including phenoxy) is 5. The van der Waals surface area contributed by atoms with E-state index in [0.717, 1.165) is 5.56 Å². The van der Waals surface area contributed by atoms with Crippen molar-refractivity contribution in [1.82, 2.24) is 0 Å². The van der Waals surface area contributed by atoms with Gasteiger partial charge in [-0.05, 0) is 17.7 Å². The maximum Gasteiger partial charge on any atom is 0.516 e. The van der Waals surface area contributed by atoms with Gasteiger partial charge in [0.25, 0.3) is 0 Å². The average molecular weight is 479 g/mol. The molecule has 8 heteroatoms. The van der Waals surface area contributed by atoms with Gasteiger partial charge >= 0.3 is 6.16 Å². The van der Waals surface area contributed by atoms with Crippen LogP contribution >= 0.6 is 0 Å². The molecule has 0 atom stereocenters. The molecular formula is C14H15O7W-. The van der Waals surface area contributed by atoms with Crippen LogP contribution in [-0.4, -0.2) is 32.8 Å². The molecule has 7 nitrogen and oxygen atoms in total. The maximum atomic E-state index is 11.3. The summed E-state index contributed by atoms with van der Waals surface area (Å²) in [6.45, 7) is 3.09. The molecule has 0 bridgehead atoms. The van der Waals surface area contributed by atoms with Gasteiger partial charge in [-0.25, -0.2) is 4.79 Å². The molecule has 0 unspecified atom stereocenters. The SMILES string of the molecule is C=[C-]C(=O)OCOC(=O)Oc1ccc(COCOC)cc1.[W]. The fraction of sp³-hybridized carbons (Fsp3) is 0.286. The van der Waals surface area contributed by atoms with Crippen molar-refractivity contribution in [2.24, 2.45) is 0 Å². The molecule has 22 heavy (non-hydrogen) atoms. The number of esters is 1. The third-order valence-electron chi connectivity index (χ3n) is 2.11. The third kappa shape index (κ3) is 8.56. The Morgan fingerprint density at radius 2 is 1.82 bits per heavy atom. The standard InChI is InChI=1S/C14H15O7.W/c1-3-13(15)19-10-20-14(16)21-12-6-4-11(5-7-12)8-18-9-17-2;/h4-7H,1,8-10H2,2H3;/q-1;. The molecule has 0 saturated carbocycles. The van der Waals surface area contributed by atoms with E-state index < -0.39 is 18.9 Å². The Balaban J connectivity index is 0.00000441. The summed E-state index contributed by atoms with van der Waals surface area (Å²) in [5.41, 5.74) is 0.892. The van der Waals surface area contributed by atoms with Gasteiger partial charge in [0, 0.05) is 28.2 Å². The van der Waals surface area contributed by atoms with E-state index in [1.807, 2.05) is 6.08 Å². The van der Waals surface area contributed by atoms with E-state index in [2.05, 4.69) is 16.1 Å². The van der Waals surface area contributed by atoms with Crippen LogP contribution in [0.2, 0.25) is 0 Å². The molecule has 0 saturated heterocycles. The minimum absolute atomic E-state index is 0. The van der Waals surface area contributed by atoms with Crippen LogP contribution in [0.15, 0.2) is 30.8 Å². The zero-order valence-corrected chi connectivity index (χ0v) is 14.8. The number of methoxy groups -OCH3 is 1. The van der Waals surface area contributed by atoms with Crippen molar-refractivity contribution in [1.29, 1.82) is 0 Å². The number of benzene rings is 1. The van der Waals surface area contributed by atoms with Crippen molar-refractivity contribution in [2.45, 2.75) is 6.61 Å². The van der Waals surface area contributed by atoms with Crippen LogP contribution in [0.4, 0.5) is 4.79 Å². The predicted molar refractivity (Wildman–Crippen MR) is 70.0 cm³/mol. The molecule has 1 aromatic rings. The molecule has 0 radical (unpaired) electrons. The van der Waals surface area contributed by atoms with Crippen LogP contribution in [0.1, 0.15) is 5.56 Å². The number of hydrogen-bond acceptors (Lipinski definition) is 7. The van der Waals surface area contributed by atoms with Crippen molar-refractivity contribution < 1.29 is 54.3 Å². The number of rotatable bonds is 8. The summed E-state index contributed by atoms with van der Waals surface area (Å²) in [6, 6.07) is 6.61. The van der Waals surface area contributed by atoms with E-state index in [-0.39, 0.29) is 33.6 Å². The van der Waals surface area contributed by atoms with E-state index in [1.54, 1.807) is 24.3 Å². The second-order valence-corrected chi connectivity index (χ2v) is 3.62. The van der Waals surface area contributed by atoms with Crippen LogP contribution in [-0.2, 0) is 51.4 Å². The zero-order valence-electron chi connectivity index (χ0n) is 11.9. The summed E-state index contributed by atoms with van der Waals surface area (Å²) >= 11 is 0. The van der Waals surface area contributed by atoms with Gasteiger partial charge in [-0.3, -0.25) is 11.4 Å². The Bertz CT molecular complexity index is 473. The van der Waals surface area contributed by atoms with Crippen LogP contribution in [0.25, 0.3) is 0 Å². The third-order valence-corrected chi connectivity index (χ3v) is 2.11. The minimum Gasteiger partial charge on any atom is -0.454 e.